The number of hydrogen-bond donors (Lipinski definition) is 1. The van der Waals surface area contributed by atoms with Gasteiger partial charge in [0, 0.05) is 30.2 Å². The van der Waals surface area contributed by atoms with E-state index in [4.69, 9.17) is 4.74 Å². The number of aromatic nitrogens is 1. The molecule has 4 heteroatoms. The van der Waals surface area contributed by atoms with Gasteiger partial charge in [0.1, 0.15) is 6.04 Å². The Labute approximate surface area is 170 Å². The number of fused-ring (bicyclic) bond motifs is 1. The summed E-state index contributed by atoms with van der Waals surface area (Å²) in [6, 6.07) is 28.0. The molecule has 0 aliphatic rings. The summed E-state index contributed by atoms with van der Waals surface area (Å²) >= 11 is 0. The van der Waals surface area contributed by atoms with Crippen LogP contribution in [0.3, 0.4) is 0 Å². The summed E-state index contributed by atoms with van der Waals surface area (Å²) in [6.45, 7) is 1.37. The molecule has 0 aliphatic carbocycles. The topological polar surface area (TPSA) is 43.3 Å². The summed E-state index contributed by atoms with van der Waals surface area (Å²) in [5.41, 5.74) is 4.49. The van der Waals surface area contributed by atoms with Crippen LogP contribution in [0.4, 0.5) is 0 Å². The van der Waals surface area contributed by atoms with Gasteiger partial charge in [-0.2, -0.15) is 0 Å². The molecule has 0 aliphatic heterocycles. The van der Waals surface area contributed by atoms with Gasteiger partial charge in [-0.3, -0.25) is 5.32 Å². The first kappa shape index (κ1) is 19.0. The van der Waals surface area contributed by atoms with Crippen LogP contribution in [0.25, 0.3) is 10.9 Å². The molecule has 0 radical (unpaired) electrons. The molecule has 3 aromatic carbocycles. The van der Waals surface area contributed by atoms with Gasteiger partial charge in [-0.1, -0.05) is 78.9 Å². The number of esters is 1. The van der Waals surface area contributed by atoms with Crippen molar-refractivity contribution >= 4 is 16.9 Å². The largest absolute Gasteiger partial charge is 0.468 e. The summed E-state index contributed by atoms with van der Waals surface area (Å²) < 4.78 is 7.28. The fourth-order valence-corrected chi connectivity index (χ4v) is 3.69. The molecule has 0 spiro atoms. The van der Waals surface area contributed by atoms with E-state index in [1.807, 2.05) is 42.5 Å². The number of ether oxygens (including phenoxy) is 1. The second-order valence-electron chi connectivity index (χ2n) is 7.03. The predicted octanol–water partition coefficient (Wildman–Crippen LogP) is 4.69. The maximum atomic E-state index is 12.4. The summed E-state index contributed by atoms with van der Waals surface area (Å²) in [5, 5.41) is 4.57. The fraction of sp³-hybridized carbons (Fsp3) is 0.160. The van der Waals surface area contributed by atoms with Gasteiger partial charge in [0.15, 0.2) is 0 Å². The molecule has 4 aromatic rings. The zero-order valence-electron chi connectivity index (χ0n) is 16.4. The van der Waals surface area contributed by atoms with Crippen LogP contribution in [-0.2, 0) is 22.6 Å². The first-order valence-electron chi connectivity index (χ1n) is 9.73. The smallest absolute Gasteiger partial charge is 0.327 e. The van der Waals surface area contributed by atoms with E-state index in [1.54, 1.807) is 0 Å². The van der Waals surface area contributed by atoms with Crippen molar-refractivity contribution in [3.8, 4) is 0 Å². The Hall–Kier alpha value is -3.37. The highest BCUT2D eigenvalue weighted by Crippen LogP contribution is 2.24. The third-order valence-electron chi connectivity index (χ3n) is 5.13. The zero-order chi connectivity index (χ0) is 20.1. The van der Waals surface area contributed by atoms with E-state index in [-0.39, 0.29) is 5.97 Å². The van der Waals surface area contributed by atoms with E-state index in [9.17, 15) is 4.79 Å². The zero-order valence-corrected chi connectivity index (χ0v) is 16.4. The Bertz CT molecular complexity index is 1090. The molecule has 4 rings (SSSR count). The van der Waals surface area contributed by atoms with Gasteiger partial charge in [0.25, 0.3) is 0 Å². The second kappa shape index (κ2) is 8.76. The lowest BCUT2D eigenvalue weighted by Crippen LogP contribution is -2.29. The van der Waals surface area contributed by atoms with Gasteiger partial charge < -0.3 is 9.30 Å². The Morgan fingerprint density at radius 3 is 2.31 bits per heavy atom. The van der Waals surface area contributed by atoms with Crippen LogP contribution in [0.15, 0.2) is 91.1 Å². The number of rotatable bonds is 7. The van der Waals surface area contributed by atoms with Crippen LogP contribution in [0.1, 0.15) is 22.7 Å². The van der Waals surface area contributed by atoms with Crippen molar-refractivity contribution in [3.05, 3.63) is 108 Å². The van der Waals surface area contributed by atoms with E-state index >= 15 is 0 Å². The van der Waals surface area contributed by atoms with Crippen molar-refractivity contribution in [1.29, 1.82) is 0 Å². The highest BCUT2D eigenvalue weighted by atomic mass is 16.5. The van der Waals surface area contributed by atoms with Gasteiger partial charge >= 0.3 is 5.97 Å². The molecule has 1 unspecified atom stereocenters. The minimum atomic E-state index is -0.502. The fourth-order valence-electron chi connectivity index (χ4n) is 3.69. The highest BCUT2D eigenvalue weighted by Gasteiger charge is 2.21. The lowest BCUT2D eigenvalue weighted by Gasteiger charge is -2.16. The molecular weight excluding hydrogens is 360 g/mol. The van der Waals surface area contributed by atoms with Crippen molar-refractivity contribution in [2.24, 2.45) is 0 Å². The molecular formula is C25H24N2O2. The monoisotopic (exact) mass is 384 g/mol. The van der Waals surface area contributed by atoms with E-state index in [2.05, 4.69) is 58.5 Å². The predicted molar refractivity (Wildman–Crippen MR) is 116 cm³/mol. The summed E-state index contributed by atoms with van der Waals surface area (Å²) in [5.74, 6) is -0.288. The third-order valence-corrected chi connectivity index (χ3v) is 5.13. The van der Waals surface area contributed by atoms with Crippen LogP contribution in [-0.4, -0.2) is 17.6 Å². The molecule has 146 valence electrons. The Morgan fingerprint density at radius 1 is 0.931 bits per heavy atom. The van der Waals surface area contributed by atoms with Crippen LogP contribution in [0.5, 0.6) is 0 Å². The average molecular weight is 384 g/mol. The third kappa shape index (κ3) is 4.23. The van der Waals surface area contributed by atoms with Crippen LogP contribution in [0, 0.1) is 0 Å². The van der Waals surface area contributed by atoms with Crippen LogP contribution < -0.4 is 5.32 Å². The lowest BCUT2D eigenvalue weighted by molar-refractivity contribution is -0.143. The summed E-state index contributed by atoms with van der Waals surface area (Å²) in [4.78, 5) is 12.4. The standard InChI is InChI=1S/C25H24N2O2/c1-29-25(28)24(20-12-6-3-7-13-20)26-16-21-18-27(17-19-10-4-2-5-11-19)23-15-9-8-14-22(21)23/h2-15,18,24,26H,16-17H2,1H3. The highest BCUT2D eigenvalue weighted by molar-refractivity contribution is 5.84. The summed E-state index contributed by atoms with van der Waals surface area (Å²) in [7, 11) is 1.42. The van der Waals surface area contributed by atoms with Crippen molar-refractivity contribution < 1.29 is 9.53 Å². The van der Waals surface area contributed by atoms with Gasteiger partial charge in [-0.05, 0) is 22.8 Å². The molecule has 0 amide bonds. The normalized spacial score (nSPS) is 12.0. The molecule has 1 atom stereocenters. The van der Waals surface area contributed by atoms with Crippen molar-refractivity contribution in [2.75, 3.05) is 7.11 Å². The lowest BCUT2D eigenvalue weighted by atomic mass is 10.1. The number of nitrogens with zero attached hydrogens (tertiary/aromatic N) is 1. The van der Waals surface area contributed by atoms with Crippen molar-refractivity contribution in [1.82, 2.24) is 9.88 Å². The number of benzene rings is 3. The number of carbonyl (C=O) groups is 1. The van der Waals surface area contributed by atoms with E-state index in [0.717, 1.165) is 17.7 Å². The average Bonchev–Trinajstić information content (AvgIpc) is 3.12. The van der Waals surface area contributed by atoms with Crippen molar-refractivity contribution in [2.45, 2.75) is 19.1 Å². The minimum Gasteiger partial charge on any atom is -0.468 e. The molecule has 4 nitrogen and oxygen atoms in total. The van der Waals surface area contributed by atoms with E-state index < -0.39 is 6.04 Å². The SMILES string of the molecule is COC(=O)C(NCc1cn(Cc2ccccc2)c2ccccc12)c1ccccc1. The molecule has 1 aromatic heterocycles. The van der Waals surface area contributed by atoms with Gasteiger partial charge in [-0.25, -0.2) is 4.79 Å². The van der Waals surface area contributed by atoms with Crippen LogP contribution in [0.2, 0.25) is 0 Å². The first-order valence-corrected chi connectivity index (χ1v) is 9.73. The molecule has 0 saturated heterocycles. The van der Waals surface area contributed by atoms with Crippen LogP contribution >= 0.6 is 0 Å². The number of nitrogens with one attached hydrogen (secondary N) is 1. The van der Waals surface area contributed by atoms with Gasteiger partial charge in [0.05, 0.1) is 7.11 Å². The van der Waals surface area contributed by atoms with Crippen molar-refractivity contribution in [3.63, 3.8) is 0 Å². The van der Waals surface area contributed by atoms with Gasteiger partial charge in [0.2, 0.25) is 0 Å². The molecule has 1 heterocycles. The maximum absolute atomic E-state index is 12.4. The quantitative estimate of drug-likeness (QED) is 0.470. The molecule has 0 bridgehead atoms. The van der Waals surface area contributed by atoms with E-state index in [1.165, 1.54) is 23.6 Å². The number of hydrogen-bond acceptors (Lipinski definition) is 3. The Balaban J connectivity index is 1.61. The molecule has 0 fully saturated rings. The summed E-state index contributed by atoms with van der Waals surface area (Å²) in [6.07, 6.45) is 2.17. The Morgan fingerprint density at radius 2 is 1.59 bits per heavy atom. The maximum Gasteiger partial charge on any atom is 0.327 e. The molecule has 0 saturated carbocycles. The number of carbonyl (C=O) groups excluding carboxylic acids is 1. The van der Waals surface area contributed by atoms with Gasteiger partial charge in [-0.15, -0.1) is 0 Å². The number of para-hydroxylation sites is 1. The minimum absolute atomic E-state index is 0.288. The number of methoxy groups -OCH3 is 1. The second-order valence-corrected chi connectivity index (χ2v) is 7.03. The molecule has 1 N–H and O–H groups in total. The molecule has 29 heavy (non-hydrogen) atoms. The first-order chi connectivity index (χ1) is 14.3. The Kier molecular flexibility index (Phi) is 5.73. The van der Waals surface area contributed by atoms with E-state index in [0.29, 0.717) is 6.54 Å².